The fourth-order valence-corrected chi connectivity index (χ4v) is 6.39. The molecule has 0 unspecified atom stereocenters. The SMILES string of the molecule is CCCc1cc2c(ccc3cc4c(ccc5sc(CCC)cc54)cc32)s1. The van der Waals surface area contributed by atoms with E-state index in [4.69, 9.17) is 0 Å². The molecule has 2 heterocycles. The lowest BCUT2D eigenvalue weighted by Gasteiger charge is -2.05. The van der Waals surface area contributed by atoms with Crippen molar-refractivity contribution in [1.82, 2.24) is 0 Å². The molecular weight excluding hydrogens is 352 g/mol. The van der Waals surface area contributed by atoms with Crippen molar-refractivity contribution in [1.29, 1.82) is 0 Å². The zero-order chi connectivity index (χ0) is 17.7. The van der Waals surface area contributed by atoms with Crippen LogP contribution in [-0.4, -0.2) is 0 Å². The largest absolute Gasteiger partial charge is 0.140 e. The summed E-state index contributed by atoms with van der Waals surface area (Å²) in [6, 6.07) is 18.9. The van der Waals surface area contributed by atoms with E-state index >= 15 is 0 Å². The van der Waals surface area contributed by atoms with Crippen LogP contribution in [0.2, 0.25) is 0 Å². The molecule has 0 fully saturated rings. The van der Waals surface area contributed by atoms with Crippen LogP contribution in [0, 0.1) is 0 Å². The molecule has 0 bridgehead atoms. The first kappa shape index (κ1) is 16.3. The molecule has 0 nitrogen and oxygen atoms in total. The minimum atomic E-state index is 1.18. The highest BCUT2D eigenvalue weighted by Crippen LogP contribution is 2.38. The number of thiophene rings is 2. The molecule has 0 aliphatic rings. The topological polar surface area (TPSA) is 0 Å². The minimum absolute atomic E-state index is 1.18. The summed E-state index contributed by atoms with van der Waals surface area (Å²) >= 11 is 3.91. The quantitative estimate of drug-likeness (QED) is 0.277. The van der Waals surface area contributed by atoms with E-state index in [0.29, 0.717) is 0 Å². The number of aryl methyl sites for hydroxylation is 2. The zero-order valence-electron chi connectivity index (χ0n) is 15.3. The Balaban J connectivity index is 1.79. The van der Waals surface area contributed by atoms with Crippen molar-refractivity contribution in [3.63, 3.8) is 0 Å². The molecule has 3 aromatic carbocycles. The van der Waals surface area contributed by atoms with Crippen molar-refractivity contribution in [2.75, 3.05) is 0 Å². The first-order valence-electron chi connectivity index (χ1n) is 9.57. The predicted molar refractivity (Wildman–Crippen MR) is 120 cm³/mol. The third-order valence-corrected chi connectivity index (χ3v) is 7.57. The molecule has 2 aromatic heterocycles. The van der Waals surface area contributed by atoms with E-state index in [-0.39, 0.29) is 0 Å². The van der Waals surface area contributed by atoms with Gasteiger partial charge in [-0.15, -0.1) is 22.7 Å². The van der Waals surface area contributed by atoms with E-state index in [1.807, 2.05) is 22.7 Å². The molecule has 2 heteroatoms. The van der Waals surface area contributed by atoms with Gasteiger partial charge >= 0.3 is 0 Å². The van der Waals surface area contributed by atoms with Gasteiger partial charge in [-0.2, -0.15) is 0 Å². The Morgan fingerprint density at radius 1 is 0.577 bits per heavy atom. The lowest BCUT2D eigenvalue weighted by atomic mass is 9.99. The van der Waals surface area contributed by atoms with Crippen LogP contribution in [0.5, 0.6) is 0 Å². The lowest BCUT2D eigenvalue weighted by Crippen LogP contribution is -1.78. The highest BCUT2D eigenvalue weighted by molar-refractivity contribution is 7.19. The van der Waals surface area contributed by atoms with Crippen LogP contribution < -0.4 is 0 Å². The number of hydrogen-bond acceptors (Lipinski definition) is 2. The maximum atomic E-state index is 2.42. The first-order chi connectivity index (χ1) is 12.8. The average Bonchev–Trinajstić information content (AvgIpc) is 3.24. The third-order valence-electron chi connectivity index (χ3n) is 5.25. The molecule has 0 aliphatic carbocycles. The molecule has 0 saturated heterocycles. The Morgan fingerprint density at radius 3 is 1.46 bits per heavy atom. The highest BCUT2D eigenvalue weighted by Gasteiger charge is 2.10. The van der Waals surface area contributed by atoms with Gasteiger partial charge in [0.05, 0.1) is 0 Å². The molecule has 0 N–H and O–H groups in total. The van der Waals surface area contributed by atoms with Crippen LogP contribution in [0.4, 0.5) is 0 Å². The van der Waals surface area contributed by atoms with Gasteiger partial charge in [0.15, 0.2) is 0 Å². The normalized spacial score (nSPS) is 12.1. The van der Waals surface area contributed by atoms with Gasteiger partial charge in [-0.25, -0.2) is 0 Å². The molecule has 0 saturated carbocycles. The Morgan fingerprint density at radius 2 is 1.04 bits per heavy atom. The van der Waals surface area contributed by atoms with Crippen LogP contribution in [0.3, 0.4) is 0 Å². The summed E-state index contributed by atoms with van der Waals surface area (Å²) in [5, 5.41) is 8.38. The van der Waals surface area contributed by atoms with Crippen LogP contribution in [-0.2, 0) is 12.8 Å². The molecule has 0 amide bonds. The van der Waals surface area contributed by atoms with Gasteiger partial charge < -0.3 is 0 Å². The number of hydrogen-bond donors (Lipinski definition) is 0. The van der Waals surface area contributed by atoms with E-state index < -0.39 is 0 Å². The Kier molecular flexibility index (Phi) is 3.99. The predicted octanol–water partition coefficient (Wildman–Crippen LogP) is 8.33. The maximum absolute atomic E-state index is 2.42. The van der Waals surface area contributed by atoms with Gasteiger partial charge in [-0.1, -0.05) is 38.8 Å². The zero-order valence-corrected chi connectivity index (χ0v) is 16.9. The molecule has 5 aromatic rings. The summed E-state index contributed by atoms with van der Waals surface area (Å²) in [7, 11) is 0. The van der Waals surface area contributed by atoms with Crippen molar-refractivity contribution in [3.05, 3.63) is 58.3 Å². The molecule has 0 aliphatic heterocycles. The van der Waals surface area contributed by atoms with Crippen LogP contribution in [0.25, 0.3) is 41.7 Å². The molecule has 0 radical (unpaired) electrons. The maximum Gasteiger partial charge on any atom is 0.0352 e. The number of fused-ring (bicyclic) bond motifs is 6. The molecule has 0 atom stereocenters. The van der Waals surface area contributed by atoms with Gasteiger partial charge in [-0.05, 0) is 70.8 Å². The van der Waals surface area contributed by atoms with Crippen molar-refractivity contribution in [3.8, 4) is 0 Å². The Labute approximate surface area is 162 Å². The molecule has 26 heavy (non-hydrogen) atoms. The summed E-state index contributed by atoms with van der Waals surface area (Å²) in [6.45, 7) is 4.52. The van der Waals surface area contributed by atoms with Crippen LogP contribution >= 0.6 is 22.7 Å². The van der Waals surface area contributed by atoms with Gasteiger partial charge in [0, 0.05) is 29.9 Å². The second-order valence-electron chi connectivity index (χ2n) is 7.17. The van der Waals surface area contributed by atoms with Gasteiger partial charge in [-0.3, -0.25) is 0 Å². The Hall–Kier alpha value is -1.90. The molecule has 0 spiro atoms. The molecule has 5 rings (SSSR count). The Bertz CT molecular complexity index is 1150. The van der Waals surface area contributed by atoms with Crippen LogP contribution in [0.15, 0.2) is 48.5 Å². The number of benzene rings is 3. The third kappa shape index (κ3) is 2.55. The van der Waals surface area contributed by atoms with Crippen molar-refractivity contribution in [2.24, 2.45) is 0 Å². The van der Waals surface area contributed by atoms with E-state index in [2.05, 4.69) is 62.4 Å². The summed E-state index contributed by atoms with van der Waals surface area (Å²) in [5.74, 6) is 0. The van der Waals surface area contributed by atoms with Crippen molar-refractivity contribution < 1.29 is 0 Å². The van der Waals surface area contributed by atoms with Gasteiger partial charge in [0.2, 0.25) is 0 Å². The van der Waals surface area contributed by atoms with Gasteiger partial charge in [0.25, 0.3) is 0 Å². The monoisotopic (exact) mass is 374 g/mol. The van der Waals surface area contributed by atoms with E-state index in [1.54, 1.807) is 0 Å². The molecular formula is C24H22S2. The van der Waals surface area contributed by atoms with E-state index in [9.17, 15) is 0 Å². The van der Waals surface area contributed by atoms with E-state index in [1.165, 1.54) is 77.2 Å². The summed E-state index contributed by atoms with van der Waals surface area (Å²) in [5.41, 5.74) is 0. The van der Waals surface area contributed by atoms with Gasteiger partial charge in [0.1, 0.15) is 0 Å². The smallest absolute Gasteiger partial charge is 0.0352 e. The number of rotatable bonds is 4. The van der Waals surface area contributed by atoms with Crippen molar-refractivity contribution >= 4 is 64.4 Å². The van der Waals surface area contributed by atoms with Crippen molar-refractivity contribution in [2.45, 2.75) is 39.5 Å². The first-order valence-corrected chi connectivity index (χ1v) is 11.2. The lowest BCUT2D eigenvalue weighted by molar-refractivity contribution is 0.941. The summed E-state index contributed by atoms with van der Waals surface area (Å²) in [6.07, 6.45) is 4.79. The standard InChI is InChI=1S/C24H22S2/c1-3-5-17-13-21-19-11-16-8-10-24-22(14-18(26-24)6-4-2)20(16)12-15(19)7-9-23(21)25-17/h7-14H,3-6H2,1-2H3. The second kappa shape index (κ2) is 6.37. The highest BCUT2D eigenvalue weighted by atomic mass is 32.1. The fourth-order valence-electron chi connectivity index (χ4n) is 4.03. The summed E-state index contributed by atoms with van der Waals surface area (Å²) in [4.78, 5) is 3.01. The fraction of sp³-hybridized carbons (Fsp3) is 0.250. The average molecular weight is 375 g/mol. The van der Waals surface area contributed by atoms with E-state index in [0.717, 1.165) is 0 Å². The molecule has 130 valence electrons. The summed E-state index contributed by atoms with van der Waals surface area (Å²) < 4.78 is 2.84. The second-order valence-corrected chi connectivity index (χ2v) is 9.51. The minimum Gasteiger partial charge on any atom is -0.140 e. The van der Waals surface area contributed by atoms with Crippen LogP contribution in [0.1, 0.15) is 36.4 Å².